The molecule has 0 radical (unpaired) electrons. The Morgan fingerprint density at radius 2 is 1.58 bits per heavy atom. The Hall–Kier alpha value is -1.67. The van der Waals surface area contributed by atoms with Gasteiger partial charge in [-0.25, -0.2) is 4.79 Å². The molecule has 0 fully saturated rings. The van der Waals surface area contributed by atoms with E-state index in [1.807, 2.05) is 12.1 Å². The molecular weight excluding hydrogens is 502 g/mol. The third-order valence-electron chi connectivity index (χ3n) is 7.20. The lowest BCUT2D eigenvalue weighted by atomic mass is 9.88. The zero-order valence-electron chi connectivity index (χ0n) is 24.6. The van der Waals surface area contributed by atoms with E-state index in [0.29, 0.717) is 25.7 Å². The molecular formula is C34H50O2P2. The van der Waals surface area contributed by atoms with Crippen molar-refractivity contribution in [3.05, 3.63) is 64.7 Å². The number of carbonyl (C=O) groups is 1. The van der Waals surface area contributed by atoms with E-state index in [0.717, 1.165) is 30.0 Å². The third-order valence-corrected chi connectivity index (χ3v) is 8.86. The molecule has 4 atom stereocenters. The Balaban J connectivity index is 0.000000273. The van der Waals surface area contributed by atoms with E-state index in [1.165, 1.54) is 68.7 Å². The number of aryl methyl sites for hydroxylation is 2. The zero-order chi connectivity index (χ0) is 27.9. The molecule has 0 aliphatic heterocycles. The maximum atomic E-state index is 11.5. The van der Waals surface area contributed by atoms with Crippen molar-refractivity contribution in [2.75, 3.05) is 7.11 Å². The van der Waals surface area contributed by atoms with Gasteiger partial charge in [-0.15, -0.1) is 20.8 Å². The zero-order valence-corrected chi connectivity index (χ0v) is 26.8. The first-order chi connectivity index (χ1) is 18.2. The summed E-state index contributed by atoms with van der Waals surface area (Å²) in [6, 6.07) is 15.4. The van der Waals surface area contributed by atoms with Gasteiger partial charge in [-0.2, -0.15) is 0 Å². The Morgan fingerprint density at radius 3 is 2.18 bits per heavy atom. The van der Waals surface area contributed by atoms with E-state index in [9.17, 15) is 4.79 Å². The number of carbonyl (C=O) groups excluding carboxylic acids is 1. The molecule has 0 saturated heterocycles. The van der Waals surface area contributed by atoms with E-state index in [1.54, 1.807) is 0 Å². The minimum atomic E-state index is -0.245. The standard InChI is InChI=1S/C21H30.C13H20O2P2/c1-17(2)10-11-19-12-14-21(15-13-19)16-20-8-4-6-18(3)7-5-9-20;1-9(2)4-5-10-6-7-11(13(14)15-3)12(8-10)17-16/h12-15,17-18,20H,4,6,8-11,16H2,1-3H3;6-9,17H,4-5,16H2,1-3H3. The van der Waals surface area contributed by atoms with Gasteiger partial charge in [0.05, 0.1) is 12.7 Å². The lowest BCUT2D eigenvalue weighted by molar-refractivity contribution is 0.0602. The highest BCUT2D eigenvalue weighted by atomic mass is 32.0. The summed E-state index contributed by atoms with van der Waals surface area (Å²) in [4.78, 5) is 11.5. The van der Waals surface area contributed by atoms with Crippen LogP contribution < -0.4 is 5.30 Å². The summed E-state index contributed by atoms with van der Waals surface area (Å²) in [7, 11) is 4.65. The highest BCUT2D eigenvalue weighted by Crippen LogP contribution is 2.24. The fourth-order valence-electron chi connectivity index (χ4n) is 4.68. The molecule has 4 heteroatoms. The lowest BCUT2D eigenvalue weighted by Crippen LogP contribution is -2.13. The molecule has 0 N–H and O–H groups in total. The molecule has 0 bridgehead atoms. The summed E-state index contributed by atoms with van der Waals surface area (Å²) < 4.78 is 4.77. The van der Waals surface area contributed by atoms with Crippen LogP contribution in [0.1, 0.15) is 100 Å². The SMILES string of the molecule is CC(C)CCc1ccc(CC2CC#CC(C)CCC2)cc1.COC(=O)c1ccc(CCC(C)C)cc1PP. The quantitative estimate of drug-likeness (QED) is 0.167. The summed E-state index contributed by atoms with van der Waals surface area (Å²) in [5.41, 5.74) is 4.97. The summed E-state index contributed by atoms with van der Waals surface area (Å²) in [5, 5.41) is 1.07. The molecule has 1 aliphatic rings. The fourth-order valence-corrected chi connectivity index (χ4v) is 6.01. The Bertz CT molecular complexity index is 1030. The number of hydrogen-bond donors (Lipinski definition) is 0. The van der Waals surface area contributed by atoms with Crippen molar-refractivity contribution in [2.45, 2.75) is 92.4 Å². The van der Waals surface area contributed by atoms with Gasteiger partial charge in [-0.05, 0) is 90.8 Å². The topological polar surface area (TPSA) is 26.3 Å². The monoisotopic (exact) mass is 552 g/mol. The molecule has 1 aliphatic carbocycles. The van der Waals surface area contributed by atoms with Crippen molar-refractivity contribution in [2.24, 2.45) is 23.7 Å². The van der Waals surface area contributed by atoms with Gasteiger partial charge in [0.15, 0.2) is 0 Å². The molecule has 3 rings (SSSR count). The smallest absolute Gasteiger partial charge is 0.338 e. The third kappa shape index (κ3) is 12.5. The van der Waals surface area contributed by atoms with Gasteiger partial charge in [0.2, 0.25) is 0 Å². The molecule has 4 unspecified atom stereocenters. The second-order valence-corrected chi connectivity index (χ2v) is 13.3. The molecule has 0 heterocycles. The van der Waals surface area contributed by atoms with Gasteiger partial charge in [0.25, 0.3) is 0 Å². The summed E-state index contributed by atoms with van der Waals surface area (Å²) >= 11 is 0. The highest BCUT2D eigenvalue weighted by Gasteiger charge is 2.13. The van der Waals surface area contributed by atoms with Crippen LogP contribution in [0.3, 0.4) is 0 Å². The second kappa shape index (κ2) is 17.8. The normalized spacial score (nSPS) is 17.4. The minimum Gasteiger partial charge on any atom is -0.465 e. The maximum Gasteiger partial charge on any atom is 0.338 e. The first kappa shape index (κ1) is 32.5. The van der Waals surface area contributed by atoms with E-state index >= 15 is 0 Å². The van der Waals surface area contributed by atoms with Gasteiger partial charge >= 0.3 is 5.97 Å². The summed E-state index contributed by atoms with van der Waals surface area (Å²) in [5.74, 6) is 9.40. The van der Waals surface area contributed by atoms with Crippen LogP contribution in [0.5, 0.6) is 0 Å². The number of esters is 1. The Morgan fingerprint density at radius 1 is 0.974 bits per heavy atom. The van der Waals surface area contributed by atoms with Gasteiger partial charge in [0.1, 0.15) is 0 Å². The van der Waals surface area contributed by atoms with Crippen molar-refractivity contribution in [3.63, 3.8) is 0 Å². The highest BCUT2D eigenvalue weighted by molar-refractivity contribution is 8.06. The average Bonchev–Trinajstić information content (AvgIpc) is 2.89. The van der Waals surface area contributed by atoms with E-state index in [4.69, 9.17) is 4.74 Å². The predicted molar refractivity (Wildman–Crippen MR) is 171 cm³/mol. The first-order valence-electron chi connectivity index (χ1n) is 14.5. The molecule has 2 nitrogen and oxygen atoms in total. The summed E-state index contributed by atoms with van der Waals surface area (Å²) in [6.07, 6.45) is 11.0. The second-order valence-electron chi connectivity index (χ2n) is 11.6. The van der Waals surface area contributed by atoms with Crippen LogP contribution >= 0.6 is 17.2 Å². The molecule has 2 aromatic carbocycles. The summed E-state index contributed by atoms with van der Waals surface area (Å²) in [6.45, 7) is 11.3. The van der Waals surface area contributed by atoms with E-state index in [-0.39, 0.29) is 5.97 Å². The van der Waals surface area contributed by atoms with Crippen LogP contribution in [0.15, 0.2) is 42.5 Å². The van der Waals surface area contributed by atoms with Crippen LogP contribution in [-0.2, 0) is 24.0 Å². The minimum absolute atomic E-state index is 0.245. The fraction of sp³-hybridized carbons (Fsp3) is 0.559. The molecule has 2 aromatic rings. The maximum absolute atomic E-state index is 11.5. The van der Waals surface area contributed by atoms with Crippen molar-refractivity contribution >= 4 is 28.5 Å². The molecule has 0 saturated carbocycles. The first-order valence-corrected chi connectivity index (χ1v) is 17.3. The molecule has 0 aromatic heterocycles. The molecule has 0 amide bonds. The molecule has 0 spiro atoms. The largest absolute Gasteiger partial charge is 0.465 e. The number of benzene rings is 2. The van der Waals surface area contributed by atoms with Crippen molar-refractivity contribution in [1.82, 2.24) is 0 Å². The van der Waals surface area contributed by atoms with E-state index < -0.39 is 0 Å². The Labute approximate surface area is 237 Å². The van der Waals surface area contributed by atoms with Gasteiger partial charge in [-0.3, -0.25) is 0 Å². The van der Waals surface area contributed by atoms with Crippen LogP contribution in [0, 0.1) is 35.5 Å². The van der Waals surface area contributed by atoms with Crippen LogP contribution in [0.2, 0.25) is 0 Å². The van der Waals surface area contributed by atoms with Crippen LogP contribution in [-0.4, -0.2) is 13.1 Å². The van der Waals surface area contributed by atoms with Crippen molar-refractivity contribution in [1.29, 1.82) is 0 Å². The van der Waals surface area contributed by atoms with Crippen LogP contribution in [0.25, 0.3) is 0 Å². The van der Waals surface area contributed by atoms with E-state index in [2.05, 4.69) is 85.7 Å². The number of methoxy groups -OCH3 is 1. The lowest BCUT2D eigenvalue weighted by Gasteiger charge is -2.17. The number of rotatable bonds is 10. The van der Waals surface area contributed by atoms with Crippen LogP contribution in [0.4, 0.5) is 0 Å². The predicted octanol–water partition coefficient (Wildman–Crippen LogP) is 8.80. The molecule has 38 heavy (non-hydrogen) atoms. The number of ether oxygens (including phenoxy) is 1. The molecule has 208 valence electrons. The van der Waals surface area contributed by atoms with Gasteiger partial charge < -0.3 is 4.74 Å². The van der Waals surface area contributed by atoms with Crippen molar-refractivity contribution < 1.29 is 9.53 Å². The van der Waals surface area contributed by atoms with Crippen molar-refractivity contribution in [3.8, 4) is 11.8 Å². The van der Waals surface area contributed by atoms with Gasteiger partial charge in [-0.1, -0.05) is 85.7 Å². The Kier molecular flexibility index (Phi) is 15.3. The average molecular weight is 553 g/mol. The number of hydrogen-bond acceptors (Lipinski definition) is 2. The van der Waals surface area contributed by atoms with Gasteiger partial charge in [0, 0.05) is 12.3 Å².